The van der Waals surface area contributed by atoms with Gasteiger partial charge in [-0.15, -0.1) is 0 Å². The van der Waals surface area contributed by atoms with Crippen molar-refractivity contribution in [3.05, 3.63) is 30.3 Å². The molecular formula is C13H19N3S. The first-order valence-corrected chi connectivity index (χ1v) is 7.14. The quantitative estimate of drug-likeness (QED) is 0.637. The number of anilines is 1. The fourth-order valence-corrected chi connectivity index (χ4v) is 2.83. The van der Waals surface area contributed by atoms with E-state index in [0.717, 1.165) is 12.2 Å². The summed E-state index contributed by atoms with van der Waals surface area (Å²) in [5.74, 6) is 0.511. The van der Waals surface area contributed by atoms with Crippen LogP contribution in [0.3, 0.4) is 0 Å². The molecule has 0 amide bonds. The van der Waals surface area contributed by atoms with Crippen LogP contribution in [0.5, 0.6) is 0 Å². The molecule has 0 radical (unpaired) electrons. The topological polar surface area (TPSA) is 50.4 Å². The Morgan fingerprint density at radius 2 is 2.12 bits per heavy atom. The molecule has 0 aromatic heterocycles. The number of nitrogens with one attached hydrogen (secondary N) is 1. The van der Waals surface area contributed by atoms with Gasteiger partial charge in [-0.05, 0) is 31.2 Å². The van der Waals surface area contributed by atoms with Gasteiger partial charge in [-0.25, -0.2) is 0 Å². The molecule has 0 unspecified atom stereocenters. The van der Waals surface area contributed by atoms with Crippen molar-refractivity contribution in [2.24, 2.45) is 10.7 Å². The second-order valence-corrected chi connectivity index (χ2v) is 5.71. The summed E-state index contributed by atoms with van der Waals surface area (Å²) in [5, 5.41) is 3.11. The number of nitrogens with two attached hydrogens (primary N) is 1. The van der Waals surface area contributed by atoms with Crippen LogP contribution in [-0.2, 0) is 0 Å². The number of guanidine groups is 1. The molecule has 0 heterocycles. The first-order chi connectivity index (χ1) is 8.24. The molecule has 1 fully saturated rings. The molecular weight excluding hydrogens is 230 g/mol. The maximum Gasteiger partial charge on any atom is 0.193 e. The van der Waals surface area contributed by atoms with Gasteiger partial charge in [-0.3, -0.25) is 4.99 Å². The Balaban J connectivity index is 1.89. The molecule has 0 bridgehead atoms. The molecule has 0 saturated heterocycles. The van der Waals surface area contributed by atoms with E-state index in [9.17, 15) is 0 Å². The van der Waals surface area contributed by atoms with Crippen LogP contribution in [0.15, 0.2) is 35.3 Å². The highest BCUT2D eigenvalue weighted by molar-refractivity contribution is 8.00. The number of benzene rings is 1. The van der Waals surface area contributed by atoms with E-state index in [2.05, 4.69) is 16.6 Å². The predicted molar refractivity (Wildman–Crippen MR) is 76.7 cm³/mol. The van der Waals surface area contributed by atoms with Crippen LogP contribution in [0.4, 0.5) is 5.69 Å². The van der Waals surface area contributed by atoms with E-state index in [1.165, 1.54) is 19.3 Å². The molecule has 3 nitrogen and oxygen atoms in total. The van der Waals surface area contributed by atoms with Crippen molar-refractivity contribution in [2.45, 2.75) is 24.0 Å². The lowest BCUT2D eigenvalue weighted by Gasteiger charge is -2.39. The summed E-state index contributed by atoms with van der Waals surface area (Å²) in [4.78, 5) is 4.45. The Morgan fingerprint density at radius 1 is 1.41 bits per heavy atom. The lowest BCUT2D eigenvalue weighted by atomic mass is 9.84. The zero-order valence-electron chi connectivity index (χ0n) is 10.1. The van der Waals surface area contributed by atoms with Gasteiger partial charge >= 0.3 is 0 Å². The third kappa shape index (κ3) is 3.16. The summed E-state index contributed by atoms with van der Waals surface area (Å²) >= 11 is 1.92. The lowest BCUT2D eigenvalue weighted by molar-refractivity contribution is 0.372. The zero-order chi connectivity index (χ0) is 12.1. The highest BCUT2D eigenvalue weighted by Crippen LogP contribution is 2.42. The molecule has 1 aromatic rings. The highest BCUT2D eigenvalue weighted by atomic mass is 32.2. The van der Waals surface area contributed by atoms with E-state index in [1.807, 2.05) is 42.1 Å². The molecule has 1 aromatic carbocycles. The SMILES string of the molecule is CSC1(CN=C(N)Nc2ccccc2)CCC1. The molecule has 92 valence electrons. The Morgan fingerprint density at radius 3 is 2.65 bits per heavy atom. The Hall–Kier alpha value is -1.16. The molecule has 17 heavy (non-hydrogen) atoms. The van der Waals surface area contributed by atoms with Crippen LogP contribution in [0.1, 0.15) is 19.3 Å². The minimum atomic E-state index is 0.350. The average Bonchev–Trinajstić information content (AvgIpc) is 2.29. The van der Waals surface area contributed by atoms with E-state index >= 15 is 0 Å². The molecule has 0 aliphatic heterocycles. The van der Waals surface area contributed by atoms with Crippen molar-refractivity contribution in [3.63, 3.8) is 0 Å². The van der Waals surface area contributed by atoms with Gasteiger partial charge in [0.1, 0.15) is 0 Å². The fourth-order valence-electron chi connectivity index (χ4n) is 1.94. The van der Waals surface area contributed by atoms with Crippen molar-refractivity contribution in [1.82, 2.24) is 0 Å². The second kappa shape index (κ2) is 5.45. The van der Waals surface area contributed by atoms with Gasteiger partial charge in [-0.1, -0.05) is 24.6 Å². The number of para-hydroxylation sites is 1. The number of hydrogen-bond donors (Lipinski definition) is 2. The maximum atomic E-state index is 5.88. The molecule has 0 atom stereocenters. The molecule has 0 spiro atoms. The van der Waals surface area contributed by atoms with E-state index in [0.29, 0.717) is 10.7 Å². The molecule has 2 rings (SSSR count). The van der Waals surface area contributed by atoms with E-state index in [-0.39, 0.29) is 0 Å². The summed E-state index contributed by atoms with van der Waals surface area (Å²) in [6.45, 7) is 0.819. The third-order valence-corrected chi connectivity index (χ3v) is 4.68. The van der Waals surface area contributed by atoms with Crippen LogP contribution in [-0.4, -0.2) is 23.5 Å². The van der Waals surface area contributed by atoms with Crippen LogP contribution < -0.4 is 11.1 Å². The summed E-state index contributed by atoms with van der Waals surface area (Å²) in [5.41, 5.74) is 6.86. The van der Waals surface area contributed by atoms with Crippen LogP contribution in [0, 0.1) is 0 Å². The molecule has 1 aliphatic carbocycles. The normalized spacial score (nSPS) is 18.5. The van der Waals surface area contributed by atoms with Crippen LogP contribution >= 0.6 is 11.8 Å². The number of thioether (sulfide) groups is 1. The maximum absolute atomic E-state index is 5.88. The van der Waals surface area contributed by atoms with Gasteiger partial charge < -0.3 is 11.1 Å². The molecule has 1 aliphatic rings. The van der Waals surface area contributed by atoms with Crippen molar-refractivity contribution >= 4 is 23.4 Å². The van der Waals surface area contributed by atoms with Crippen molar-refractivity contribution in [1.29, 1.82) is 0 Å². The predicted octanol–water partition coefficient (Wildman–Crippen LogP) is 2.70. The smallest absolute Gasteiger partial charge is 0.193 e. The van der Waals surface area contributed by atoms with E-state index < -0.39 is 0 Å². The minimum absolute atomic E-state index is 0.350. The van der Waals surface area contributed by atoms with Gasteiger partial charge in [0.25, 0.3) is 0 Å². The summed E-state index contributed by atoms with van der Waals surface area (Å²) in [6, 6.07) is 9.90. The number of nitrogens with zero attached hydrogens (tertiary/aromatic N) is 1. The summed E-state index contributed by atoms with van der Waals surface area (Å²) < 4.78 is 0.350. The Kier molecular flexibility index (Phi) is 3.94. The van der Waals surface area contributed by atoms with Crippen molar-refractivity contribution in [2.75, 3.05) is 18.1 Å². The minimum Gasteiger partial charge on any atom is -0.370 e. The highest BCUT2D eigenvalue weighted by Gasteiger charge is 2.35. The van der Waals surface area contributed by atoms with Gasteiger partial charge in [0, 0.05) is 10.4 Å². The largest absolute Gasteiger partial charge is 0.370 e. The molecule has 3 N–H and O–H groups in total. The average molecular weight is 249 g/mol. The van der Waals surface area contributed by atoms with Crippen molar-refractivity contribution in [3.8, 4) is 0 Å². The standard InChI is InChI=1S/C13H19N3S/c1-17-13(8-5-9-13)10-15-12(14)16-11-6-3-2-4-7-11/h2-4,6-7H,5,8-10H2,1H3,(H3,14,15,16). The summed E-state index contributed by atoms with van der Waals surface area (Å²) in [7, 11) is 0. The fraction of sp³-hybridized carbons (Fsp3) is 0.462. The third-order valence-electron chi connectivity index (χ3n) is 3.28. The Labute approximate surface area is 107 Å². The van der Waals surface area contributed by atoms with E-state index in [4.69, 9.17) is 5.73 Å². The van der Waals surface area contributed by atoms with Gasteiger partial charge in [0.05, 0.1) is 6.54 Å². The molecule has 4 heteroatoms. The van der Waals surface area contributed by atoms with Gasteiger partial charge in [0.2, 0.25) is 0 Å². The number of aliphatic imine (C=N–C) groups is 1. The van der Waals surface area contributed by atoms with Crippen LogP contribution in [0.25, 0.3) is 0 Å². The molecule has 1 saturated carbocycles. The zero-order valence-corrected chi connectivity index (χ0v) is 11.0. The first kappa shape index (κ1) is 12.3. The van der Waals surface area contributed by atoms with Gasteiger partial charge in [-0.2, -0.15) is 11.8 Å². The monoisotopic (exact) mass is 249 g/mol. The number of hydrogen-bond acceptors (Lipinski definition) is 2. The first-order valence-electron chi connectivity index (χ1n) is 5.91. The van der Waals surface area contributed by atoms with Crippen molar-refractivity contribution < 1.29 is 0 Å². The summed E-state index contributed by atoms with van der Waals surface area (Å²) in [6.07, 6.45) is 6.00. The van der Waals surface area contributed by atoms with E-state index in [1.54, 1.807) is 0 Å². The Bertz CT molecular complexity index is 379. The van der Waals surface area contributed by atoms with Crippen LogP contribution in [0.2, 0.25) is 0 Å². The lowest BCUT2D eigenvalue weighted by Crippen LogP contribution is -2.37. The van der Waals surface area contributed by atoms with Gasteiger partial charge in [0.15, 0.2) is 5.96 Å². The number of rotatable bonds is 4. The second-order valence-electron chi connectivity index (χ2n) is 4.43.